The van der Waals surface area contributed by atoms with E-state index in [9.17, 15) is 9.90 Å². The number of nitrogens with zero attached hydrogens (tertiary/aromatic N) is 1. The Kier molecular flexibility index (Phi) is 4.25. The molecule has 0 aromatic carbocycles. The number of hydrogen-bond donors (Lipinski definition) is 3. The predicted octanol–water partition coefficient (Wildman–Crippen LogP) is 1.21. The molecule has 0 fully saturated rings. The predicted molar refractivity (Wildman–Crippen MR) is 60.5 cm³/mol. The van der Waals surface area contributed by atoms with Crippen molar-refractivity contribution in [1.82, 2.24) is 4.98 Å². The van der Waals surface area contributed by atoms with Crippen molar-refractivity contribution in [3.05, 3.63) is 23.9 Å². The summed E-state index contributed by atoms with van der Waals surface area (Å²) in [7, 11) is 0. The minimum absolute atomic E-state index is 0.0102. The van der Waals surface area contributed by atoms with E-state index in [1.54, 1.807) is 12.1 Å². The van der Waals surface area contributed by atoms with Crippen LogP contribution in [-0.4, -0.2) is 33.8 Å². The van der Waals surface area contributed by atoms with Crippen LogP contribution in [0.1, 0.15) is 24.3 Å². The third-order valence-corrected chi connectivity index (χ3v) is 2.23. The van der Waals surface area contributed by atoms with Crippen LogP contribution in [0.4, 0.5) is 5.82 Å². The fraction of sp³-hybridized carbons (Fsp3) is 0.455. The summed E-state index contributed by atoms with van der Waals surface area (Å²) >= 11 is 0. The van der Waals surface area contributed by atoms with E-state index in [-0.39, 0.29) is 11.6 Å². The molecular weight excluding hydrogens is 208 g/mol. The van der Waals surface area contributed by atoms with Gasteiger partial charge in [-0.05, 0) is 18.1 Å². The van der Waals surface area contributed by atoms with Crippen molar-refractivity contribution in [3.8, 4) is 0 Å². The van der Waals surface area contributed by atoms with Crippen LogP contribution in [0, 0.1) is 5.92 Å². The number of carbonyl (C=O) groups is 1. The number of carboxylic acids is 1. The van der Waals surface area contributed by atoms with Gasteiger partial charge in [0.05, 0.1) is 6.10 Å². The van der Waals surface area contributed by atoms with Crippen molar-refractivity contribution in [3.63, 3.8) is 0 Å². The maximum Gasteiger partial charge on any atom is 0.354 e. The van der Waals surface area contributed by atoms with Crippen LogP contribution >= 0.6 is 0 Å². The molecule has 88 valence electrons. The van der Waals surface area contributed by atoms with Crippen LogP contribution in [0.5, 0.6) is 0 Å². The zero-order valence-electron chi connectivity index (χ0n) is 9.34. The lowest BCUT2D eigenvalue weighted by atomic mass is 10.1. The van der Waals surface area contributed by atoms with Gasteiger partial charge in [0.2, 0.25) is 0 Å². The van der Waals surface area contributed by atoms with E-state index < -0.39 is 12.1 Å². The highest BCUT2D eigenvalue weighted by molar-refractivity contribution is 5.85. The molecule has 0 bridgehead atoms. The number of pyridine rings is 1. The van der Waals surface area contributed by atoms with E-state index in [1.807, 2.05) is 13.8 Å². The van der Waals surface area contributed by atoms with Crippen molar-refractivity contribution in [1.29, 1.82) is 0 Å². The van der Waals surface area contributed by atoms with Gasteiger partial charge in [-0.25, -0.2) is 9.78 Å². The summed E-state index contributed by atoms with van der Waals surface area (Å²) < 4.78 is 0. The monoisotopic (exact) mass is 224 g/mol. The molecule has 1 aromatic heterocycles. The lowest BCUT2D eigenvalue weighted by Crippen LogP contribution is -2.25. The Balaban J connectivity index is 2.61. The minimum atomic E-state index is -1.06. The SMILES string of the molecule is CC(C)C(O)CNc1cccc(C(=O)O)n1. The second-order valence-corrected chi connectivity index (χ2v) is 3.91. The molecule has 0 amide bonds. The van der Waals surface area contributed by atoms with Crippen molar-refractivity contribution in [2.24, 2.45) is 5.92 Å². The molecule has 0 aliphatic carbocycles. The van der Waals surface area contributed by atoms with Crippen LogP contribution < -0.4 is 5.32 Å². The molecule has 1 unspecified atom stereocenters. The Hall–Kier alpha value is -1.62. The largest absolute Gasteiger partial charge is 0.477 e. The third kappa shape index (κ3) is 3.51. The van der Waals surface area contributed by atoms with Gasteiger partial charge in [0.15, 0.2) is 5.69 Å². The molecule has 0 radical (unpaired) electrons. The van der Waals surface area contributed by atoms with Gasteiger partial charge >= 0.3 is 5.97 Å². The highest BCUT2D eigenvalue weighted by atomic mass is 16.4. The summed E-state index contributed by atoms with van der Waals surface area (Å²) in [6.07, 6.45) is -0.477. The second-order valence-electron chi connectivity index (χ2n) is 3.91. The summed E-state index contributed by atoms with van der Waals surface area (Å²) in [6.45, 7) is 4.18. The summed E-state index contributed by atoms with van der Waals surface area (Å²) in [5, 5.41) is 21.2. The molecule has 5 heteroatoms. The summed E-state index contributed by atoms with van der Waals surface area (Å²) in [4.78, 5) is 14.5. The van der Waals surface area contributed by atoms with Crippen LogP contribution in [-0.2, 0) is 0 Å². The summed E-state index contributed by atoms with van der Waals surface area (Å²) in [5.41, 5.74) is -0.0102. The summed E-state index contributed by atoms with van der Waals surface area (Å²) in [5.74, 6) is -0.456. The molecule has 3 N–H and O–H groups in total. The average molecular weight is 224 g/mol. The molecule has 0 saturated carbocycles. The Bertz CT molecular complexity index is 366. The highest BCUT2D eigenvalue weighted by Crippen LogP contribution is 2.07. The number of anilines is 1. The molecule has 16 heavy (non-hydrogen) atoms. The van der Waals surface area contributed by atoms with Crippen molar-refractivity contribution >= 4 is 11.8 Å². The van der Waals surface area contributed by atoms with E-state index >= 15 is 0 Å². The number of aliphatic hydroxyl groups excluding tert-OH is 1. The van der Waals surface area contributed by atoms with Gasteiger partial charge in [0.1, 0.15) is 5.82 Å². The zero-order valence-corrected chi connectivity index (χ0v) is 9.34. The van der Waals surface area contributed by atoms with Crippen molar-refractivity contribution < 1.29 is 15.0 Å². The van der Waals surface area contributed by atoms with Gasteiger partial charge in [-0.2, -0.15) is 0 Å². The molecule has 1 heterocycles. The lowest BCUT2D eigenvalue weighted by molar-refractivity contribution is 0.0690. The van der Waals surface area contributed by atoms with E-state index in [2.05, 4.69) is 10.3 Å². The Labute approximate surface area is 94.1 Å². The van der Waals surface area contributed by atoms with E-state index in [4.69, 9.17) is 5.11 Å². The number of aromatic carboxylic acids is 1. The summed E-state index contributed by atoms with van der Waals surface area (Å²) in [6, 6.07) is 4.70. The van der Waals surface area contributed by atoms with Gasteiger partial charge in [-0.15, -0.1) is 0 Å². The van der Waals surface area contributed by atoms with Crippen molar-refractivity contribution in [2.45, 2.75) is 20.0 Å². The van der Waals surface area contributed by atoms with Crippen LogP contribution in [0.15, 0.2) is 18.2 Å². The lowest BCUT2D eigenvalue weighted by Gasteiger charge is -2.15. The van der Waals surface area contributed by atoms with Gasteiger partial charge in [0.25, 0.3) is 0 Å². The molecule has 5 nitrogen and oxygen atoms in total. The Morgan fingerprint density at radius 2 is 2.19 bits per heavy atom. The first-order chi connectivity index (χ1) is 7.50. The van der Waals surface area contributed by atoms with Gasteiger partial charge < -0.3 is 15.5 Å². The number of aromatic nitrogens is 1. The van der Waals surface area contributed by atoms with Crippen LogP contribution in [0.25, 0.3) is 0 Å². The number of aliphatic hydroxyl groups is 1. The molecule has 0 saturated heterocycles. The van der Waals surface area contributed by atoms with E-state index in [0.29, 0.717) is 12.4 Å². The zero-order chi connectivity index (χ0) is 12.1. The normalized spacial score (nSPS) is 12.5. The van der Waals surface area contributed by atoms with Crippen LogP contribution in [0.2, 0.25) is 0 Å². The molecule has 0 spiro atoms. The fourth-order valence-electron chi connectivity index (χ4n) is 1.10. The van der Waals surface area contributed by atoms with Gasteiger partial charge in [-0.3, -0.25) is 0 Å². The highest BCUT2D eigenvalue weighted by Gasteiger charge is 2.09. The number of hydrogen-bond acceptors (Lipinski definition) is 4. The van der Waals surface area contributed by atoms with E-state index in [1.165, 1.54) is 6.07 Å². The third-order valence-electron chi connectivity index (χ3n) is 2.23. The maximum absolute atomic E-state index is 10.7. The molecule has 0 aliphatic heterocycles. The number of nitrogens with one attached hydrogen (secondary N) is 1. The number of rotatable bonds is 5. The fourth-order valence-corrected chi connectivity index (χ4v) is 1.10. The molecule has 1 aromatic rings. The molecule has 0 aliphatic rings. The second kappa shape index (κ2) is 5.46. The standard InChI is InChI=1S/C11H16N2O3/c1-7(2)9(14)6-12-10-5-3-4-8(13-10)11(15)16/h3-5,7,9,14H,6H2,1-2H3,(H,12,13)(H,15,16). The first-order valence-electron chi connectivity index (χ1n) is 5.13. The van der Waals surface area contributed by atoms with Gasteiger partial charge in [-0.1, -0.05) is 19.9 Å². The van der Waals surface area contributed by atoms with Crippen molar-refractivity contribution in [2.75, 3.05) is 11.9 Å². The number of carboxylic acid groups (broad SMARTS) is 1. The molecule has 1 atom stereocenters. The molecule has 1 rings (SSSR count). The minimum Gasteiger partial charge on any atom is -0.477 e. The maximum atomic E-state index is 10.7. The van der Waals surface area contributed by atoms with Crippen LogP contribution in [0.3, 0.4) is 0 Å². The first-order valence-corrected chi connectivity index (χ1v) is 5.13. The Morgan fingerprint density at radius 1 is 1.50 bits per heavy atom. The first kappa shape index (κ1) is 12.4. The average Bonchev–Trinajstić information content (AvgIpc) is 2.26. The van der Waals surface area contributed by atoms with Gasteiger partial charge in [0, 0.05) is 6.54 Å². The quantitative estimate of drug-likeness (QED) is 0.700. The topological polar surface area (TPSA) is 82.5 Å². The van der Waals surface area contributed by atoms with E-state index in [0.717, 1.165) is 0 Å². The smallest absolute Gasteiger partial charge is 0.354 e. The Morgan fingerprint density at radius 3 is 2.75 bits per heavy atom. The molecular formula is C11H16N2O3.